The monoisotopic (exact) mass is 516 g/mol. The van der Waals surface area contributed by atoms with Crippen molar-refractivity contribution in [2.45, 2.75) is 56.3 Å². The van der Waals surface area contributed by atoms with Crippen LogP contribution in [0.1, 0.15) is 55.3 Å². The van der Waals surface area contributed by atoms with Gasteiger partial charge in [-0.15, -0.1) is 10.3 Å². The zero-order chi connectivity index (χ0) is 24.1. The minimum atomic E-state index is -5.63. The Kier molecular flexibility index (Phi) is 6.30. The first kappa shape index (κ1) is 24.2. The van der Waals surface area contributed by atoms with E-state index in [1.807, 2.05) is 0 Å². The zero-order valence-electron chi connectivity index (χ0n) is 18.9. The molecular formula is C24H30F2O6S2. The van der Waals surface area contributed by atoms with Crippen LogP contribution in [0.5, 0.6) is 0 Å². The third-order valence-corrected chi connectivity index (χ3v) is 13.5. The molecule has 1 heterocycles. The van der Waals surface area contributed by atoms with Gasteiger partial charge in [0.1, 0.15) is 6.10 Å². The van der Waals surface area contributed by atoms with Crippen LogP contribution in [0.25, 0.3) is 0 Å². The fraction of sp³-hybridized carbons (Fsp3) is 0.667. The summed E-state index contributed by atoms with van der Waals surface area (Å²) >= 11 is 0. The molecule has 0 spiro atoms. The van der Waals surface area contributed by atoms with Gasteiger partial charge in [0.15, 0.2) is 5.78 Å². The standard InChI is InChI=1S/C24H30F2O6S2/c25-24(26,23(28)31-22-19-11-16-10-17(13-19)14-20(22)12-16)34(29,30)32-33(8-4-5-9-33)15-21(27)18-6-2-1-3-7-18/h1-3,6-7,16-17,19-20,22H,4-5,8-15H2. The third-order valence-electron chi connectivity index (χ3n) is 7.94. The van der Waals surface area contributed by atoms with Gasteiger partial charge in [-0.25, -0.2) is 8.42 Å². The van der Waals surface area contributed by atoms with E-state index in [0.717, 1.165) is 32.1 Å². The Balaban J connectivity index is 1.30. The lowest BCUT2D eigenvalue weighted by molar-refractivity contribution is -0.186. The number of rotatable bonds is 8. The molecule has 10 heteroatoms. The Bertz CT molecular complexity index is 1020. The summed E-state index contributed by atoms with van der Waals surface area (Å²) in [4.78, 5) is 25.3. The number of hydrogen-bond acceptors (Lipinski definition) is 6. The molecule has 1 saturated heterocycles. The molecule has 0 amide bonds. The van der Waals surface area contributed by atoms with Crippen molar-refractivity contribution < 1.29 is 35.2 Å². The second-order valence-corrected chi connectivity index (χ2v) is 15.4. The predicted octanol–water partition coefficient (Wildman–Crippen LogP) is 4.69. The number of carbonyl (C=O) groups excluding carboxylic acids is 2. The molecule has 5 fully saturated rings. The van der Waals surface area contributed by atoms with Gasteiger partial charge >= 0.3 is 21.3 Å². The number of alkyl halides is 2. The van der Waals surface area contributed by atoms with Crippen molar-refractivity contribution in [1.82, 2.24) is 0 Å². The number of halogens is 2. The summed E-state index contributed by atoms with van der Waals surface area (Å²) in [6, 6.07) is 8.28. The molecule has 0 atom stereocenters. The maximum atomic E-state index is 15.0. The summed E-state index contributed by atoms with van der Waals surface area (Å²) in [6.07, 6.45) is 5.02. The van der Waals surface area contributed by atoms with Gasteiger partial charge < -0.3 is 4.74 Å². The molecule has 1 aromatic rings. The van der Waals surface area contributed by atoms with Gasteiger partial charge in [-0.1, -0.05) is 30.3 Å². The minimum absolute atomic E-state index is 0.0231. The number of Topliss-reactive ketones (excluding diaryl/α,β-unsaturated/α-hetero) is 1. The average molecular weight is 517 g/mol. The summed E-state index contributed by atoms with van der Waals surface area (Å²) < 4.78 is 66.0. The van der Waals surface area contributed by atoms with E-state index in [4.69, 9.17) is 8.37 Å². The average Bonchev–Trinajstić information content (AvgIpc) is 3.23. The van der Waals surface area contributed by atoms with Crippen molar-refractivity contribution in [3.8, 4) is 0 Å². The third kappa shape index (κ3) is 4.41. The fourth-order valence-electron chi connectivity index (χ4n) is 6.61. The lowest BCUT2D eigenvalue weighted by Crippen LogP contribution is -2.52. The highest BCUT2D eigenvalue weighted by Crippen LogP contribution is 2.58. The van der Waals surface area contributed by atoms with E-state index < -0.39 is 37.8 Å². The Hall–Kier alpha value is -1.52. The van der Waals surface area contributed by atoms with Gasteiger partial charge in [0.2, 0.25) is 0 Å². The first-order valence-corrected chi connectivity index (χ1v) is 15.4. The normalized spacial score (nSPS) is 32.9. The van der Waals surface area contributed by atoms with E-state index in [-0.39, 0.29) is 34.9 Å². The largest absolute Gasteiger partial charge is 0.466 e. The van der Waals surface area contributed by atoms with Crippen molar-refractivity contribution in [1.29, 1.82) is 0 Å². The van der Waals surface area contributed by atoms with Crippen molar-refractivity contribution in [3.63, 3.8) is 0 Å². The van der Waals surface area contributed by atoms with E-state index in [0.29, 0.717) is 30.2 Å². The molecule has 34 heavy (non-hydrogen) atoms. The smallest absolute Gasteiger partial charge is 0.456 e. The van der Waals surface area contributed by atoms with Crippen LogP contribution >= 0.6 is 10.3 Å². The molecule has 4 bridgehead atoms. The Labute approximate surface area is 200 Å². The van der Waals surface area contributed by atoms with Gasteiger partial charge in [0.25, 0.3) is 0 Å². The highest BCUT2D eigenvalue weighted by molar-refractivity contribution is 8.33. The van der Waals surface area contributed by atoms with Crippen molar-refractivity contribution in [2.75, 3.05) is 17.3 Å². The summed E-state index contributed by atoms with van der Waals surface area (Å²) in [5.74, 6) is -1.06. The molecule has 0 unspecified atom stereocenters. The SMILES string of the molecule is O=C(CS1(OS(=O)(=O)C(F)(F)C(=O)OC2C3CC4CC(C3)CC2C4)CCCC1)c1ccccc1. The Morgan fingerprint density at radius 3 is 2.06 bits per heavy atom. The number of ether oxygens (including phenoxy) is 1. The van der Waals surface area contributed by atoms with E-state index in [2.05, 4.69) is 0 Å². The number of esters is 1. The molecule has 188 valence electrons. The summed E-state index contributed by atoms with van der Waals surface area (Å²) in [7, 11) is -8.29. The van der Waals surface area contributed by atoms with Gasteiger partial charge in [0.05, 0.1) is 5.75 Å². The number of hydrogen-bond donors (Lipinski definition) is 0. The molecule has 6 nitrogen and oxygen atoms in total. The summed E-state index contributed by atoms with van der Waals surface area (Å²) in [6.45, 7) is 0. The van der Waals surface area contributed by atoms with Crippen LogP contribution in [-0.4, -0.2) is 48.8 Å². The number of benzene rings is 1. The lowest BCUT2D eigenvalue weighted by Gasteiger charge is -2.53. The first-order valence-electron chi connectivity index (χ1n) is 12.0. The molecule has 0 aromatic heterocycles. The zero-order valence-corrected chi connectivity index (χ0v) is 20.5. The fourth-order valence-corrected chi connectivity index (χ4v) is 12.1. The van der Waals surface area contributed by atoms with Crippen molar-refractivity contribution in [2.24, 2.45) is 23.7 Å². The van der Waals surface area contributed by atoms with E-state index in [1.165, 1.54) is 0 Å². The van der Waals surface area contributed by atoms with Crippen molar-refractivity contribution >= 4 is 32.2 Å². The molecule has 1 aliphatic heterocycles. The molecule has 6 rings (SSSR count). The minimum Gasteiger partial charge on any atom is -0.456 e. The summed E-state index contributed by atoms with van der Waals surface area (Å²) in [5, 5.41) is -4.82. The molecule has 0 radical (unpaired) electrons. The molecule has 1 aromatic carbocycles. The van der Waals surface area contributed by atoms with Crippen LogP contribution in [0.2, 0.25) is 0 Å². The van der Waals surface area contributed by atoms with Gasteiger partial charge in [0, 0.05) is 17.1 Å². The number of ketones is 1. The summed E-state index contributed by atoms with van der Waals surface area (Å²) in [5.41, 5.74) is 0.371. The van der Waals surface area contributed by atoms with E-state index in [1.54, 1.807) is 30.3 Å². The maximum absolute atomic E-state index is 15.0. The quantitative estimate of drug-likeness (QED) is 0.368. The highest BCUT2D eigenvalue weighted by Gasteiger charge is 2.60. The second-order valence-electron chi connectivity index (χ2n) is 10.4. The van der Waals surface area contributed by atoms with Crippen LogP contribution in [0.4, 0.5) is 8.78 Å². The topological polar surface area (TPSA) is 86.7 Å². The molecular weight excluding hydrogens is 486 g/mol. The van der Waals surface area contributed by atoms with Gasteiger partial charge in [-0.2, -0.15) is 17.2 Å². The molecule has 5 aliphatic rings. The van der Waals surface area contributed by atoms with Gasteiger partial charge in [-0.05, 0) is 68.6 Å². The van der Waals surface area contributed by atoms with Crippen LogP contribution in [0, 0.1) is 23.7 Å². The van der Waals surface area contributed by atoms with Crippen LogP contribution in [-0.2, 0) is 23.3 Å². The number of carbonyl (C=O) groups is 2. The van der Waals surface area contributed by atoms with Crippen molar-refractivity contribution in [3.05, 3.63) is 35.9 Å². The lowest BCUT2D eigenvalue weighted by atomic mass is 9.55. The Morgan fingerprint density at radius 1 is 0.941 bits per heavy atom. The highest BCUT2D eigenvalue weighted by atomic mass is 32.3. The van der Waals surface area contributed by atoms with E-state index in [9.17, 15) is 18.0 Å². The molecule has 0 N–H and O–H groups in total. The van der Waals surface area contributed by atoms with Gasteiger partial charge in [-0.3, -0.25) is 4.79 Å². The van der Waals surface area contributed by atoms with Crippen LogP contribution in [0.15, 0.2) is 30.3 Å². The maximum Gasteiger partial charge on any atom is 0.466 e. The Morgan fingerprint density at radius 2 is 1.50 bits per heavy atom. The van der Waals surface area contributed by atoms with Crippen LogP contribution < -0.4 is 0 Å². The van der Waals surface area contributed by atoms with Crippen LogP contribution in [0.3, 0.4) is 0 Å². The molecule has 4 saturated carbocycles. The van der Waals surface area contributed by atoms with E-state index >= 15 is 8.78 Å². The first-order chi connectivity index (χ1) is 16.1. The second kappa shape index (κ2) is 8.85. The predicted molar refractivity (Wildman–Crippen MR) is 124 cm³/mol. The molecule has 4 aliphatic carbocycles.